The summed E-state index contributed by atoms with van der Waals surface area (Å²) in [7, 11) is 1.74. The van der Waals surface area contributed by atoms with Gasteiger partial charge in [-0.05, 0) is 39.6 Å². The molecule has 0 bridgehead atoms. The minimum atomic E-state index is -0.0893. The van der Waals surface area contributed by atoms with Gasteiger partial charge in [-0.2, -0.15) is 5.10 Å². The quantitative estimate of drug-likeness (QED) is 0.585. The molecular weight excluding hydrogens is 408 g/mol. The summed E-state index contributed by atoms with van der Waals surface area (Å²) < 4.78 is 18.2. The molecule has 2 aliphatic rings. The topological polar surface area (TPSA) is 85.1 Å². The zero-order chi connectivity index (χ0) is 17.6. The average Bonchev–Trinajstić information content (AvgIpc) is 3.16. The van der Waals surface area contributed by atoms with Crippen LogP contribution in [0.3, 0.4) is 0 Å². The number of halogens is 1. The monoisotopic (exact) mass is 425 g/mol. The van der Waals surface area contributed by atoms with Gasteiger partial charge in [-0.25, -0.2) is 4.98 Å². The predicted molar refractivity (Wildman–Crippen MR) is 97.2 cm³/mol. The molecule has 0 aromatic carbocycles. The van der Waals surface area contributed by atoms with Gasteiger partial charge in [0.05, 0.1) is 16.1 Å². The Labute approximate surface area is 157 Å². The number of nitrogens with one attached hydrogen (secondary N) is 1. The van der Waals surface area contributed by atoms with Crippen molar-refractivity contribution in [3.63, 3.8) is 0 Å². The summed E-state index contributed by atoms with van der Waals surface area (Å²) in [5.41, 5.74) is 0.964. The molecule has 132 valence electrons. The van der Waals surface area contributed by atoms with Gasteiger partial charge in [-0.3, -0.25) is 14.0 Å². The fraction of sp³-hybridized carbons (Fsp3) is 0.533. The highest BCUT2D eigenvalue weighted by Gasteiger charge is 2.51. The fourth-order valence-electron chi connectivity index (χ4n) is 4.06. The van der Waals surface area contributed by atoms with Crippen molar-refractivity contribution in [2.75, 3.05) is 18.0 Å². The Morgan fingerprint density at radius 2 is 2.16 bits per heavy atom. The number of rotatable bonds is 3. The van der Waals surface area contributed by atoms with Crippen LogP contribution in [-0.2, 0) is 29.7 Å². The molecule has 0 aliphatic carbocycles. The van der Waals surface area contributed by atoms with E-state index in [1.54, 1.807) is 24.0 Å². The van der Waals surface area contributed by atoms with Crippen LogP contribution in [0.1, 0.15) is 24.6 Å². The molecular formula is C15H18BrN6O2S+. The van der Waals surface area contributed by atoms with Crippen LogP contribution in [0.4, 0.5) is 5.95 Å². The maximum absolute atomic E-state index is 12.1. The first-order chi connectivity index (χ1) is 12.1. The zero-order valence-electron chi connectivity index (χ0n) is 13.7. The molecule has 0 saturated carbocycles. The van der Waals surface area contributed by atoms with E-state index in [9.17, 15) is 9.00 Å². The molecule has 4 rings (SSSR count). The molecule has 2 aromatic rings. The summed E-state index contributed by atoms with van der Waals surface area (Å²) in [5.74, 6) is 0.682. The van der Waals surface area contributed by atoms with Crippen molar-refractivity contribution in [2.45, 2.75) is 25.4 Å². The minimum absolute atomic E-state index is 0.00125. The first-order valence-electron chi connectivity index (χ1n) is 8.08. The van der Waals surface area contributed by atoms with Gasteiger partial charge < -0.3 is 4.90 Å². The number of fused-ring (bicyclic) bond motifs is 1. The number of hydrogen-bond donors (Lipinski definition) is 1. The molecule has 1 atom stereocenters. The lowest BCUT2D eigenvalue weighted by atomic mass is 9.73. The summed E-state index contributed by atoms with van der Waals surface area (Å²) in [5, 5.41) is 4.38. The first kappa shape index (κ1) is 16.8. The summed E-state index contributed by atoms with van der Waals surface area (Å²) >= 11 is 3.64. The zero-order valence-corrected chi connectivity index (χ0v) is 16.1. The number of aromatic nitrogens is 4. The van der Waals surface area contributed by atoms with Crippen LogP contribution in [-0.4, -0.2) is 32.4 Å². The third-order valence-corrected chi connectivity index (χ3v) is 6.31. The molecule has 1 spiro atoms. The van der Waals surface area contributed by atoms with Gasteiger partial charge in [-0.1, -0.05) is 0 Å². The minimum Gasteiger partial charge on any atom is -0.342 e. The second kappa shape index (κ2) is 6.26. The van der Waals surface area contributed by atoms with Crippen LogP contribution < -0.4 is 15.2 Å². The van der Waals surface area contributed by atoms with Crippen molar-refractivity contribution < 1.29 is 4.21 Å². The van der Waals surface area contributed by atoms with Crippen LogP contribution in [0.15, 0.2) is 27.7 Å². The van der Waals surface area contributed by atoms with Gasteiger partial charge >= 0.3 is 11.9 Å². The van der Waals surface area contributed by atoms with Crippen LogP contribution in [0.2, 0.25) is 0 Å². The molecule has 0 unspecified atom stereocenters. The lowest BCUT2D eigenvalue weighted by Gasteiger charge is -2.41. The van der Waals surface area contributed by atoms with Crippen LogP contribution in [0.25, 0.3) is 0 Å². The van der Waals surface area contributed by atoms with Gasteiger partial charge in [0, 0.05) is 38.3 Å². The highest BCUT2D eigenvalue weighted by atomic mass is 79.9. The summed E-state index contributed by atoms with van der Waals surface area (Å²) in [4.78, 5) is 18.7. The number of piperidine rings is 1. The van der Waals surface area contributed by atoms with Crippen molar-refractivity contribution >= 4 is 33.7 Å². The summed E-state index contributed by atoms with van der Waals surface area (Å²) in [6.45, 7) is 2.39. The Morgan fingerprint density at radius 1 is 1.40 bits per heavy atom. The van der Waals surface area contributed by atoms with Crippen molar-refractivity contribution in [1.82, 2.24) is 24.1 Å². The normalized spacial score (nSPS) is 21.5. The molecule has 0 amide bonds. The van der Waals surface area contributed by atoms with Crippen LogP contribution in [0, 0.1) is 5.41 Å². The van der Waals surface area contributed by atoms with E-state index in [1.807, 2.05) is 10.7 Å². The van der Waals surface area contributed by atoms with Gasteiger partial charge in [0.15, 0.2) is 0 Å². The Kier molecular flexibility index (Phi) is 4.20. The van der Waals surface area contributed by atoms with E-state index in [0.29, 0.717) is 22.3 Å². The van der Waals surface area contributed by atoms with E-state index >= 15 is 0 Å². The molecule has 2 aliphatic heterocycles. The lowest BCUT2D eigenvalue weighted by molar-refractivity contribution is 0.161. The molecule has 10 heteroatoms. The second-order valence-electron chi connectivity index (χ2n) is 6.67. The molecule has 8 nitrogen and oxygen atoms in total. The third kappa shape index (κ3) is 2.63. The Morgan fingerprint density at radius 3 is 2.88 bits per heavy atom. The lowest BCUT2D eigenvalue weighted by Crippen LogP contribution is -2.46. The summed E-state index contributed by atoms with van der Waals surface area (Å²) in [6.07, 6.45) is 5.15. The van der Waals surface area contributed by atoms with Gasteiger partial charge in [0.25, 0.3) is 5.56 Å². The van der Waals surface area contributed by atoms with Gasteiger partial charge in [0.1, 0.15) is 10.5 Å². The van der Waals surface area contributed by atoms with E-state index in [2.05, 4.69) is 35.6 Å². The molecule has 2 aromatic heterocycles. The van der Waals surface area contributed by atoms with Crippen LogP contribution >= 0.6 is 15.9 Å². The Bertz CT molecular complexity index is 873. The van der Waals surface area contributed by atoms with E-state index in [0.717, 1.165) is 38.2 Å². The van der Waals surface area contributed by atoms with Crippen molar-refractivity contribution in [3.05, 3.63) is 39.0 Å². The highest BCUT2D eigenvalue weighted by molar-refractivity contribution is 9.10. The summed E-state index contributed by atoms with van der Waals surface area (Å²) in [6, 6.07) is 1.98. The first-order valence-corrected chi connectivity index (χ1v) is 9.62. The second-order valence-corrected chi connectivity index (χ2v) is 7.92. The smallest absolute Gasteiger partial charge is 0.342 e. The highest BCUT2D eigenvalue weighted by Crippen LogP contribution is 2.49. The standard InChI is InChI=1S/C15H18BrN6O2S/c1-20-13(23)10(16)8-17-14(20)21-6-3-15(4-7-21)9-22-11(2-5-18-22)12(15)19-25-24/h2,5,8,12H,3-4,6-7,9H2,1H3,(H,19,24)/q+1/t12-/m1/s1. The van der Waals surface area contributed by atoms with Crippen molar-refractivity contribution in [3.8, 4) is 0 Å². The average molecular weight is 426 g/mol. The molecule has 1 N–H and O–H groups in total. The number of anilines is 1. The maximum atomic E-state index is 12.1. The van der Waals surface area contributed by atoms with Crippen molar-refractivity contribution in [2.24, 2.45) is 12.5 Å². The number of hydrogen-bond acceptors (Lipinski definition) is 5. The largest absolute Gasteiger partial charge is 0.588 e. The molecule has 0 radical (unpaired) electrons. The number of nitrogens with zero attached hydrogens (tertiary/aromatic N) is 5. The van der Waals surface area contributed by atoms with Gasteiger partial charge in [-0.15, -0.1) is 0 Å². The maximum Gasteiger partial charge on any atom is 0.588 e. The SMILES string of the molecule is Cn1c(N2CCC3(CC2)Cn2nccc2[C@H]3N[S+]=O)ncc(Br)c1=O. The van der Waals surface area contributed by atoms with Crippen LogP contribution in [0.5, 0.6) is 0 Å². The molecule has 25 heavy (non-hydrogen) atoms. The Hall–Kier alpha value is -1.65. The third-order valence-electron chi connectivity index (χ3n) is 5.43. The van der Waals surface area contributed by atoms with E-state index in [1.165, 1.54) is 0 Å². The van der Waals surface area contributed by atoms with Crippen molar-refractivity contribution in [1.29, 1.82) is 0 Å². The van der Waals surface area contributed by atoms with Gasteiger partial charge in [0.2, 0.25) is 5.95 Å². The van der Waals surface area contributed by atoms with E-state index in [-0.39, 0.29) is 17.0 Å². The Balaban J connectivity index is 1.57. The molecule has 1 saturated heterocycles. The fourth-order valence-corrected chi connectivity index (χ4v) is 4.89. The molecule has 1 fully saturated rings. The predicted octanol–water partition coefficient (Wildman–Crippen LogP) is 1.01. The van der Waals surface area contributed by atoms with E-state index < -0.39 is 0 Å². The molecule has 4 heterocycles. The van der Waals surface area contributed by atoms with E-state index in [4.69, 9.17) is 0 Å².